The minimum absolute atomic E-state index is 0.00304. The highest BCUT2D eigenvalue weighted by atomic mass is 35.5. The molecule has 0 bridgehead atoms. The van der Waals surface area contributed by atoms with Crippen LogP contribution in [0.3, 0.4) is 0 Å². The van der Waals surface area contributed by atoms with Gasteiger partial charge in [-0.15, -0.1) is 0 Å². The lowest BCUT2D eigenvalue weighted by atomic mass is 10.0. The van der Waals surface area contributed by atoms with Gasteiger partial charge < -0.3 is 20.1 Å². The lowest BCUT2D eigenvalue weighted by molar-refractivity contribution is -0.141. The van der Waals surface area contributed by atoms with Gasteiger partial charge in [-0.05, 0) is 23.6 Å². The van der Waals surface area contributed by atoms with Crippen LogP contribution in [0.4, 0.5) is 18.9 Å². The molecule has 1 aliphatic heterocycles. The molecule has 5 rings (SSSR count). The molecule has 1 fully saturated rings. The lowest BCUT2D eigenvalue weighted by Gasteiger charge is -2.16. The highest BCUT2D eigenvalue weighted by Crippen LogP contribution is 2.36. The summed E-state index contributed by atoms with van der Waals surface area (Å²) in [6.07, 6.45) is -3.62. The second-order valence-electron chi connectivity index (χ2n) is 8.64. The van der Waals surface area contributed by atoms with Crippen molar-refractivity contribution in [2.24, 2.45) is 0 Å². The van der Waals surface area contributed by atoms with Gasteiger partial charge >= 0.3 is 6.18 Å². The Morgan fingerprint density at radius 1 is 1.05 bits per heavy atom. The van der Waals surface area contributed by atoms with Crippen LogP contribution >= 0.6 is 23.2 Å². The fraction of sp³-hybridized carbons (Fsp3) is 0.231. The number of nitrogens with one attached hydrogen (secondary N) is 2. The summed E-state index contributed by atoms with van der Waals surface area (Å²) in [5, 5.41) is 9.90. The molecule has 9 nitrogen and oxygen atoms in total. The first-order valence-electron chi connectivity index (χ1n) is 12.0. The number of carbonyl (C=O) groups is 2. The molecule has 0 unspecified atom stereocenters. The van der Waals surface area contributed by atoms with Crippen LogP contribution in [-0.4, -0.2) is 52.6 Å². The first kappa shape index (κ1) is 27.8. The molecular weight excluding hydrogens is 574 g/mol. The van der Waals surface area contributed by atoms with Gasteiger partial charge in [0.1, 0.15) is 5.69 Å². The summed E-state index contributed by atoms with van der Waals surface area (Å²) in [5.41, 5.74) is -1.95. The Hall–Kier alpha value is -3.71. The van der Waals surface area contributed by atoms with E-state index in [-0.39, 0.29) is 33.7 Å². The van der Waals surface area contributed by atoms with Gasteiger partial charge in [0.2, 0.25) is 0 Å². The molecule has 4 aromatic rings. The van der Waals surface area contributed by atoms with Gasteiger partial charge in [0.25, 0.3) is 11.8 Å². The van der Waals surface area contributed by atoms with Crippen LogP contribution in [0.5, 0.6) is 0 Å². The third-order valence-electron chi connectivity index (χ3n) is 6.00. The van der Waals surface area contributed by atoms with Crippen molar-refractivity contribution in [3.8, 4) is 5.82 Å². The minimum atomic E-state index is -4.86. The number of hydrogen-bond donors (Lipinski definition) is 2. The molecule has 0 atom stereocenters. The van der Waals surface area contributed by atoms with Crippen molar-refractivity contribution in [1.82, 2.24) is 20.1 Å². The number of ether oxygens (including phenoxy) is 2. The van der Waals surface area contributed by atoms with Crippen LogP contribution in [0.2, 0.25) is 10.0 Å². The fourth-order valence-electron chi connectivity index (χ4n) is 4.13. The van der Waals surface area contributed by atoms with Crippen LogP contribution in [0, 0.1) is 0 Å². The van der Waals surface area contributed by atoms with Crippen LogP contribution in [0.1, 0.15) is 33.0 Å². The van der Waals surface area contributed by atoms with Crippen molar-refractivity contribution in [2.45, 2.75) is 18.9 Å². The number of nitrogens with zero attached hydrogens (tertiary/aromatic N) is 3. The quantitative estimate of drug-likeness (QED) is 0.293. The summed E-state index contributed by atoms with van der Waals surface area (Å²) in [6, 6.07) is 11.9. The summed E-state index contributed by atoms with van der Waals surface area (Å²) in [7, 11) is 0. The van der Waals surface area contributed by atoms with E-state index in [1.807, 2.05) is 0 Å². The van der Waals surface area contributed by atoms with Gasteiger partial charge in [-0.1, -0.05) is 47.5 Å². The van der Waals surface area contributed by atoms with Crippen LogP contribution in [0.15, 0.2) is 54.7 Å². The predicted molar refractivity (Wildman–Crippen MR) is 141 cm³/mol. The molecule has 2 aromatic heterocycles. The van der Waals surface area contributed by atoms with Crippen molar-refractivity contribution in [3.63, 3.8) is 0 Å². The average molecular weight is 594 g/mol. The highest BCUT2D eigenvalue weighted by Gasteiger charge is 2.37. The Labute approximate surface area is 235 Å². The Bertz CT molecular complexity index is 1590. The van der Waals surface area contributed by atoms with Crippen molar-refractivity contribution in [3.05, 3.63) is 81.7 Å². The zero-order valence-corrected chi connectivity index (χ0v) is 22.0. The lowest BCUT2D eigenvalue weighted by Crippen LogP contribution is -2.29. The Kier molecular flexibility index (Phi) is 7.95. The number of amides is 2. The van der Waals surface area contributed by atoms with E-state index in [4.69, 9.17) is 32.7 Å². The molecule has 1 saturated heterocycles. The van der Waals surface area contributed by atoms with E-state index in [1.165, 1.54) is 24.4 Å². The first-order chi connectivity index (χ1) is 19.1. The van der Waals surface area contributed by atoms with Crippen LogP contribution < -0.4 is 10.6 Å². The number of fused-ring (bicyclic) bond motifs is 1. The molecule has 1 aliphatic rings. The van der Waals surface area contributed by atoms with E-state index in [9.17, 15) is 22.8 Å². The standard InChI is InChI=1S/C26H20Cl2F3N5O4/c27-17-6-3-8-32-23(17)36-18(13-19(35-36)26(29,30)31)25(38)34-22-16(12-14-4-1-2-5-15(14)21(22)28)24(37)33-9-7-20-39-10-11-40-20/h1-6,8,12-13,20H,7,9-11H2,(H,33,37)(H,34,38). The number of anilines is 1. The number of benzene rings is 2. The number of alkyl halides is 3. The zero-order chi connectivity index (χ0) is 28.4. The van der Waals surface area contributed by atoms with Gasteiger partial charge in [-0.2, -0.15) is 18.3 Å². The number of pyridine rings is 1. The second-order valence-corrected chi connectivity index (χ2v) is 9.42. The number of halogens is 5. The largest absolute Gasteiger partial charge is 0.435 e. The Morgan fingerprint density at radius 2 is 1.80 bits per heavy atom. The van der Waals surface area contributed by atoms with E-state index in [0.717, 1.165) is 0 Å². The Morgan fingerprint density at radius 3 is 2.52 bits per heavy atom. The average Bonchev–Trinajstić information content (AvgIpc) is 3.61. The molecule has 0 radical (unpaired) electrons. The van der Waals surface area contributed by atoms with Crippen molar-refractivity contribution >= 4 is 51.5 Å². The summed E-state index contributed by atoms with van der Waals surface area (Å²) < 4.78 is 52.2. The summed E-state index contributed by atoms with van der Waals surface area (Å²) in [4.78, 5) is 30.7. The zero-order valence-electron chi connectivity index (χ0n) is 20.5. The van der Waals surface area contributed by atoms with E-state index < -0.39 is 35.7 Å². The molecule has 0 aliphatic carbocycles. The fourth-order valence-corrected chi connectivity index (χ4v) is 4.65. The molecule has 40 heavy (non-hydrogen) atoms. The number of carbonyl (C=O) groups excluding carboxylic acids is 2. The molecule has 2 aromatic carbocycles. The van der Waals surface area contributed by atoms with E-state index in [0.29, 0.717) is 41.2 Å². The van der Waals surface area contributed by atoms with Gasteiger partial charge in [0, 0.05) is 30.6 Å². The SMILES string of the molecule is O=C(NCCC1OCCO1)c1cc2ccccc2c(Cl)c1NC(=O)c1cc(C(F)(F)F)nn1-c1ncccc1Cl. The summed E-state index contributed by atoms with van der Waals surface area (Å²) in [5.74, 6) is -1.79. The number of hydrogen-bond acceptors (Lipinski definition) is 6. The summed E-state index contributed by atoms with van der Waals surface area (Å²) in [6.45, 7) is 1.12. The monoisotopic (exact) mass is 593 g/mol. The third-order valence-corrected chi connectivity index (χ3v) is 6.69. The predicted octanol–water partition coefficient (Wildman–Crippen LogP) is 5.49. The topological polar surface area (TPSA) is 107 Å². The van der Waals surface area contributed by atoms with Crippen LogP contribution in [-0.2, 0) is 15.7 Å². The molecule has 208 valence electrons. The number of rotatable bonds is 7. The Balaban J connectivity index is 1.52. The van der Waals surface area contributed by atoms with Crippen molar-refractivity contribution in [1.29, 1.82) is 0 Å². The molecule has 0 saturated carbocycles. The van der Waals surface area contributed by atoms with Crippen molar-refractivity contribution < 1.29 is 32.2 Å². The molecule has 14 heteroatoms. The maximum atomic E-state index is 13.6. The van der Waals surface area contributed by atoms with E-state index in [2.05, 4.69) is 20.7 Å². The molecular formula is C26H20Cl2F3N5O4. The third kappa shape index (κ3) is 5.75. The maximum Gasteiger partial charge on any atom is 0.435 e. The van der Waals surface area contributed by atoms with Gasteiger partial charge in [0.05, 0.1) is 34.5 Å². The molecule has 2 amide bonds. The van der Waals surface area contributed by atoms with E-state index >= 15 is 0 Å². The first-order valence-corrected chi connectivity index (χ1v) is 12.7. The number of aromatic nitrogens is 3. The molecule has 3 heterocycles. The van der Waals surface area contributed by atoms with E-state index in [1.54, 1.807) is 24.3 Å². The molecule has 0 spiro atoms. The van der Waals surface area contributed by atoms with Crippen molar-refractivity contribution in [2.75, 3.05) is 25.1 Å². The van der Waals surface area contributed by atoms with Crippen LogP contribution in [0.25, 0.3) is 16.6 Å². The van der Waals surface area contributed by atoms with Gasteiger partial charge in [0.15, 0.2) is 17.8 Å². The van der Waals surface area contributed by atoms with Gasteiger partial charge in [-0.3, -0.25) is 9.59 Å². The maximum absolute atomic E-state index is 13.6. The highest BCUT2D eigenvalue weighted by molar-refractivity contribution is 6.40. The minimum Gasteiger partial charge on any atom is -0.352 e. The smallest absolute Gasteiger partial charge is 0.352 e. The molecule has 2 N–H and O–H groups in total. The second kappa shape index (κ2) is 11.4. The van der Waals surface area contributed by atoms with Gasteiger partial charge in [-0.25, -0.2) is 9.67 Å². The summed E-state index contributed by atoms with van der Waals surface area (Å²) >= 11 is 12.8. The normalized spacial score (nSPS) is 14.0.